The lowest BCUT2D eigenvalue weighted by Crippen LogP contribution is -2.29. The van der Waals surface area contributed by atoms with E-state index in [9.17, 15) is 4.79 Å². The maximum Gasteiger partial charge on any atom is 0.230 e. The van der Waals surface area contributed by atoms with E-state index in [0.29, 0.717) is 36.4 Å². The third-order valence-corrected chi connectivity index (χ3v) is 3.97. The van der Waals surface area contributed by atoms with E-state index in [1.165, 1.54) is 11.8 Å². The van der Waals surface area contributed by atoms with Gasteiger partial charge >= 0.3 is 0 Å². The SMILES string of the molecule is C=CCn1cnnc1SCC(=O)NCCOc1ccccc1OC. The molecule has 1 amide bonds. The van der Waals surface area contributed by atoms with Gasteiger partial charge in [-0.25, -0.2) is 0 Å². The lowest BCUT2D eigenvalue weighted by Gasteiger charge is -2.10. The molecule has 1 aromatic carbocycles. The molecule has 0 saturated carbocycles. The van der Waals surface area contributed by atoms with Crippen molar-refractivity contribution in [2.24, 2.45) is 0 Å². The first-order valence-corrected chi connectivity index (χ1v) is 8.37. The number of aromatic nitrogens is 3. The zero-order valence-corrected chi connectivity index (χ0v) is 14.3. The predicted molar refractivity (Wildman–Crippen MR) is 92.4 cm³/mol. The normalized spacial score (nSPS) is 10.2. The lowest BCUT2D eigenvalue weighted by atomic mass is 10.3. The summed E-state index contributed by atoms with van der Waals surface area (Å²) in [5.41, 5.74) is 0. The summed E-state index contributed by atoms with van der Waals surface area (Å²) in [5, 5.41) is 11.3. The van der Waals surface area contributed by atoms with Crippen molar-refractivity contribution in [1.29, 1.82) is 0 Å². The molecule has 128 valence electrons. The Morgan fingerprint density at radius 1 is 1.42 bits per heavy atom. The molecule has 0 aliphatic heterocycles. The molecule has 0 aliphatic rings. The first-order valence-electron chi connectivity index (χ1n) is 7.38. The van der Waals surface area contributed by atoms with Crippen LogP contribution in [0.2, 0.25) is 0 Å². The fraction of sp³-hybridized carbons (Fsp3) is 0.312. The van der Waals surface area contributed by atoms with Crippen LogP contribution in [-0.4, -0.2) is 46.7 Å². The molecule has 0 bridgehead atoms. The smallest absolute Gasteiger partial charge is 0.230 e. The summed E-state index contributed by atoms with van der Waals surface area (Å²) >= 11 is 1.33. The number of amides is 1. The molecule has 0 spiro atoms. The van der Waals surface area contributed by atoms with Gasteiger partial charge in [-0.15, -0.1) is 16.8 Å². The first kappa shape index (κ1) is 17.9. The van der Waals surface area contributed by atoms with E-state index in [2.05, 4.69) is 22.1 Å². The van der Waals surface area contributed by atoms with Crippen LogP contribution in [-0.2, 0) is 11.3 Å². The number of ether oxygens (including phenoxy) is 2. The van der Waals surface area contributed by atoms with Crippen LogP contribution in [0.4, 0.5) is 0 Å². The van der Waals surface area contributed by atoms with Gasteiger partial charge < -0.3 is 19.4 Å². The highest BCUT2D eigenvalue weighted by atomic mass is 32.2. The quantitative estimate of drug-likeness (QED) is 0.400. The number of thioether (sulfide) groups is 1. The summed E-state index contributed by atoms with van der Waals surface area (Å²) in [6.45, 7) is 5.06. The average molecular weight is 348 g/mol. The number of benzene rings is 1. The van der Waals surface area contributed by atoms with Gasteiger partial charge in [0.05, 0.1) is 19.4 Å². The van der Waals surface area contributed by atoms with Crippen molar-refractivity contribution in [3.05, 3.63) is 43.2 Å². The molecule has 2 rings (SSSR count). The van der Waals surface area contributed by atoms with Gasteiger partial charge in [-0.2, -0.15) is 0 Å². The zero-order chi connectivity index (χ0) is 17.2. The molecule has 0 atom stereocenters. The number of allylic oxidation sites excluding steroid dienone is 1. The summed E-state index contributed by atoms with van der Waals surface area (Å²) in [6.07, 6.45) is 3.37. The highest BCUT2D eigenvalue weighted by molar-refractivity contribution is 7.99. The van der Waals surface area contributed by atoms with Gasteiger partial charge in [0.15, 0.2) is 16.7 Å². The third-order valence-electron chi connectivity index (χ3n) is 2.99. The number of methoxy groups -OCH3 is 1. The van der Waals surface area contributed by atoms with Crippen molar-refractivity contribution in [2.75, 3.05) is 26.0 Å². The molecule has 0 fully saturated rings. The minimum absolute atomic E-state index is 0.0863. The molecule has 8 heteroatoms. The van der Waals surface area contributed by atoms with Gasteiger partial charge in [-0.05, 0) is 12.1 Å². The second kappa shape index (κ2) is 9.61. The van der Waals surface area contributed by atoms with E-state index in [0.717, 1.165) is 0 Å². The molecule has 7 nitrogen and oxygen atoms in total. The van der Waals surface area contributed by atoms with Crippen molar-refractivity contribution in [1.82, 2.24) is 20.1 Å². The highest BCUT2D eigenvalue weighted by Gasteiger charge is 2.08. The molecule has 2 aromatic rings. The Labute approximate surface area is 145 Å². The fourth-order valence-electron chi connectivity index (χ4n) is 1.89. The summed E-state index contributed by atoms with van der Waals surface area (Å²) in [6, 6.07) is 7.38. The second-order valence-corrected chi connectivity index (χ2v) is 5.63. The van der Waals surface area contributed by atoms with Crippen molar-refractivity contribution < 1.29 is 14.3 Å². The van der Waals surface area contributed by atoms with E-state index in [4.69, 9.17) is 9.47 Å². The summed E-state index contributed by atoms with van der Waals surface area (Å²) in [4.78, 5) is 11.9. The van der Waals surface area contributed by atoms with Gasteiger partial charge in [0, 0.05) is 6.54 Å². The Morgan fingerprint density at radius 2 is 2.21 bits per heavy atom. The van der Waals surface area contributed by atoms with Crippen LogP contribution < -0.4 is 14.8 Å². The highest BCUT2D eigenvalue weighted by Crippen LogP contribution is 2.25. The topological polar surface area (TPSA) is 78.3 Å². The first-order chi connectivity index (χ1) is 11.7. The van der Waals surface area contributed by atoms with E-state index in [-0.39, 0.29) is 11.7 Å². The summed E-state index contributed by atoms with van der Waals surface area (Å²) in [7, 11) is 1.59. The molecule has 0 unspecified atom stereocenters. The van der Waals surface area contributed by atoms with Gasteiger partial charge in [0.2, 0.25) is 5.91 Å². The zero-order valence-electron chi connectivity index (χ0n) is 13.5. The van der Waals surface area contributed by atoms with Crippen molar-refractivity contribution in [2.45, 2.75) is 11.7 Å². The van der Waals surface area contributed by atoms with E-state index in [1.807, 2.05) is 28.8 Å². The van der Waals surface area contributed by atoms with Gasteiger partial charge in [0.25, 0.3) is 0 Å². The molecule has 0 saturated heterocycles. The Kier molecular flexibility index (Phi) is 7.16. The number of nitrogens with one attached hydrogen (secondary N) is 1. The third kappa shape index (κ3) is 5.31. The van der Waals surface area contributed by atoms with Crippen molar-refractivity contribution in [3.63, 3.8) is 0 Å². The standard InChI is InChI=1S/C16H20N4O3S/c1-3-9-20-12-18-19-16(20)24-11-15(21)17-8-10-23-14-7-5-4-6-13(14)22-2/h3-7,12H,1,8-11H2,2H3,(H,17,21). The molecule has 1 N–H and O–H groups in total. The van der Waals surface area contributed by atoms with E-state index >= 15 is 0 Å². The largest absolute Gasteiger partial charge is 0.493 e. The fourth-order valence-corrected chi connectivity index (χ4v) is 2.65. The minimum Gasteiger partial charge on any atom is -0.493 e. The van der Waals surface area contributed by atoms with Crippen molar-refractivity contribution >= 4 is 17.7 Å². The Bertz CT molecular complexity index is 675. The van der Waals surface area contributed by atoms with Crippen LogP contribution in [0.3, 0.4) is 0 Å². The number of para-hydroxylation sites is 2. The number of hydrogen-bond donors (Lipinski definition) is 1. The maximum absolute atomic E-state index is 11.9. The summed E-state index contributed by atoms with van der Waals surface area (Å²) in [5.74, 6) is 1.50. The van der Waals surface area contributed by atoms with E-state index < -0.39 is 0 Å². The Morgan fingerprint density at radius 3 is 2.96 bits per heavy atom. The molecular formula is C16H20N4O3S. The molecule has 1 heterocycles. The summed E-state index contributed by atoms with van der Waals surface area (Å²) < 4.78 is 12.6. The number of rotatable bonds is 10. The van der Waals surface area contributed by atoms with Crippen LogP contribution in [0.5, 0.6) is 11.5 Å². The lowest BCUT2D eigenvalue weighted by molar-refractivity contribution is -0.118. The Balaban J connectivity index is 1.68. The monoisotopic (exact) mass is 348 g/mol. The maximum atomic E-state index is 11.9. The molecule has 1 aromatic heterocycles. The van der Waals surface area contributed by atoms with Crippen molar-refractivity contribution in [3.8, 4) is 11.5 Å². The average Bonchev–Trinajstić information content (AvgIpc) is 3.05. The van der Waals surface area contributed by atoms with Crippen LogP contribution in [0, 0.1) is 0 Å². The number of carbonyl (C=O) groups excluding carboxylic acids is 1. The number of carbonyl (C=O) groups is 1. The molecule has 24 heavy (non-hydrogen) atoms. The van der Waals surface area contributed by atoms with Gasteiger partial charge in [0.1, 0.15) is 12.9 Å². The number of nitrogens with zero attached hydrogens (tertiary/aromatic N) is 3. The second-order valence-electron chi connectivity index (χ2n) is 4.69. The Hall–Kier alpha value is -2.48. The molecular weight excluding hydrogens is 328 g/mol. The number of hydrogen-bond acceptors (Lipinski definition) is 6. The van der Waals surface area contributed by atoms with Gasteiger partial charge in [-0.3, -0.25) is 4.79 Å². The van der Waals surface area contributed by atoms with Crippen LogP contribution in [0.1, 0.15) is 0 Å². The van der Waals surface area contributed by atoms with Crippen LogP contribution >= 0.6 is 11.8 Å². The van der Waals surface area contributed by atoms with E-state index in [1.54, 1.807) is 19.5 Å². The van der Waals surface area contributed by atoms with Gasteiger partial charge in [-0.1, -0.05) is 30.0 Å². The minimum atomic E-state index is -0.0863. The molecule has 0 radical (unpaired) electrons. The van der Waals surface area contributed by atoms with Crippen LogP contribution in [0.15, 0.2) is 48.4 Å². The van der Waals surface area contributed by atoms with Crippen LogP contribution in [0.25, 0.3) is 0 Å². The predicted octanol–water partition coefficient (Wildman–Crippen LogP) is 1.76. The molecule has 0 aliphatic carbocycles.